The normalized spacial score (nSPS) is 11.8. The average molecular weight is 521 g/mol. The van der Waals surface area contributed by atoms with E-state index in [1.807, 2.05) is 20.8 Å². The molecule has 0 saturated heterocycles. The highest BCUT2D eigenvalue weighted by Gasteiger charge is 2.22. The number of likely N-dealkylation sites (N-methyl/N-ethyl adjacent to an activating group) is 1. The summed E-state index contributed by atoms with van der Waals surface area (Å²) in [5.41, 5.74) is 7.51. The summed E-state index contributed by atoms with van der Waals surface area (Å²) in [6.07, 6.45) is 0. The topological polar surface area (TPSA) is 92.1 Å². The van der Waals surface area contributed by atoms with Crippen LogP contribution in [0.15, 0.2) is 53.1 Å². The minimum Gasteiger partial charge on any atom is -0.496 e. The van der Waals surface area contributed by atoms with Crippen LogP contribution < -0.4 is 10.1 Å². The van der Waals surface area contributed by atoms with E-state index in [-0.39, 0.29) is 0 Å². The highest BCUT2D eigenvalue weighted by atomic mass is 16.5. The van der Waals surface area contributed by atoms with E-state index in [1.54, 1.807) is 7.11 Å². The highest BCUT2D eigenvalue weighted by molar-refractivity contribution is 6.16. The smallest absolute Gasteiger partial charge is 0.142 e. The number of fused-ring (bicyclic) bond motifs is 4. The van der Waals surface area contributed by atoms with Gasteiger partial charge >= 0.3 is 0 Å². The van der Waals surface area contributed by atoms with E-state index in [9.17, 15) is 0 Å². The summed E-state index contributed by atoms with van der Waals surface area (Å²) >= 11 is 0. The fraction of sp³-hybridized carbons (Fsp3) is 0.258. The molecule has 2 N–H and O–H groups in total. The van der Waals surface area contributed by atoms with Gasteiger partial charge in [0.05, 0.1) is 29.4 Å². The molecular weight excluding hydrogens is 488 g/mol. The molecule has 0 aliphatic carbocycles. The number of ether oxygens (including phenoxy) is 1. The zero-order chi connectivity index (χ0) is 27.3. The fourth-order valence-electron chi connectivity index (χ4n) is 5.44. The van der Waals surface area contributed by atoms with E-state index in [2.05, 4.69) is 83.0 Å². The molecule has 0 aliphatic rings. The molecule has 0 bridgehead atoms. The standard InChI is InChI=1S/C31H32N6O2/c1-17-28(18(2)39-36-17)24-15-26-23(16-27(24)38-6)29-30(33-19(3)34-31(29)35-26)22-11-12-25(32-13-14-37(4)5)21-10-8-7-9-20(21)22/h7-12,15-16,32H,13-14H2,1-6H3,(H,33,34,35). The third kappa shape index (κ3) is 4.27. The second-order valence-corrected chi connectivity index (χ2v) is 10.2. The van der Waals surface area contributed by atoms with E-state index in [0.29, 0.717) is 5.82 Å². The van der Waals surface area contributed by atoms with Gasteiger partial charge < -0.3 is 24.5 Å². The first-order chi connectivity index (χ1) is 18.9. The van der Waals surface area contributed by atoms with E-state index in [1.165, 1.54) is 0 Å². The lowest BCUT2D eigenvalue weighted by atomic mass is 9.97. The molecule has 0 amide bonds. The largest absolute Gasteiger partial charge is 0.496 e. The van der Waals surface area contributed by atoms with Gasteiger partial charge in [0.2, 0.25) is 0 Å². The molecule has 3 aromatic heterocycles. The van der Waals surface area contributed by atoms with Gasteiger partial charge in [0.15, 0.2) is 0 Å². The molecular formula is C31H32N6O2. The maximum absolute atomic E-state index is 5.88. The number of aromatic nitrogens is 4. The SMILES string of the molecule is COc1cc2c(cc1-c1c(C)noc1C)[nH]c1nc(C)nc(-c3ccc(NCCN(C)C)c4ccccc34)c12. The Labute approximate surface area is 227 Å². The lowest BCUT2D eigenvalue weighted by molar-refractivity contribution is 0.393. The van der Waals surface area contributed by atoms with Gasteiger partial charge in [-0.25, -0.2) is 9.97 Å². The number of aryl methyl sites for hydroxylation is 3. The minimum absolute atomic E-state index is 0.708. The number of benzene rings is 3. The van der Waals surface area contributed by atoms with Crippen molar-refractivity contribution in [2.75, 3.05) is 39.6 Å². The molecule has 6 aromatic rings. The zero-order valence-electron chi connectivity index (χ0n) is 23.1. The van der Waals surface area contributed by atoms with Crippen LogP contribution in [0.25, 0.3) is 55.1 Å². The van der Waals surface area contributed by atoms with Crippen molar-refractivity contribution >= 4 is 38.4 Å². The number of nitrogens with one attached hydrogen (secondary N) is 2. The average Bonchev–Trinajstić information content (AvgIpc) is 3.44. The molecule has 6 rings (SSSR count). The number of anilines is 1. The van der Waals surface area contributed by atoms with Crippen LogP contribution in [0.2, 0.25) is 0 Å². The van der Waals surface area contributed by atoms with Crippen molar-refractivity contribution in [1.82, 2.24) is 25.0 Å². The molecule has 8 nitrogen and oxygen atoms in total. The number of rotatable bonds is 7. The quantitative estimate of drug-likeness (QED) is 0.248. The summed E-state index contributed by atoms with van der Waals surface area (Å²) < 4.78 is 11.3. The lowest BCUT2D eigenvalue weighted by Gasteiger charge is -2.15. The van der Waals surface area contributed by atoms with E-state index < -0.39 is 0 Å². The van der Waals surface area contributed by atoms with Crippen molar-refractivity contribution in [2.24, 2.45) is 0 Å². The molecule has 39 heavy (non-hydrogen) atoms. The molecule has 0 spiro atoms. The summed E-state index contributed by atoms with van der Waals surface area (Å²) in [6.45, 7) is 7.61. The maximum Gasteiger partial charge on any atom is 0.142 e. The zero-order valence-corrected chi connectivity index (χ0v) is 23.1. The highest BCUT2D eigenvalue weighted by Crippen LogP contribution is 2.42. The Kier molecular flexibility index (Phi) is 6.19. The van der Waals surface area contributed by atoms with E-state index in [0.717, 1.165) is 91.1 Å². The van der Waals surface area contributed by atoms with Gasteiger partial charge in [-0.2, -0.15) is 0 Å². The van der Waals surface area contributed by atoms with Crippen molar-refractivity contribution in [2.45, 2.75) is 20.8 Å². The molecule has 3 heterocycles. The first kappa shape index (κ1) is 24.9. The molecule has 0 saturated carbocycles. The second kappa shape index (κ2) is 9.71. The maximum atomic E-state index is 5.88. The first-order valence-corrected chi connectivity index (χ1v) is 13.1. The molecule has 8 heteroatoms. The summed E-state index contributed by atoms with van der Waals surface area (Å²) in [7, 11) is 5.85. The lowest BCUT2D eigenvalue weighted by Crippen LogP contribution is -2.20. The Bertz CT molecular complexity index is 1830. The number of H-pyrrole nitrogens is 1. The Hall–Kier alpha value is -4.43. The van der Waals surface area contributed by atoms with Crippen LogP contribution in [-0.4, -0.2) is 59.3 Å². The van der Waals surface area contributed by atoms with Gasteiger partial charge in [-0.1, -0.05) is 35.5 Å². The van der Waals surface area contributed by atoms with Gasteiger partial charge in [0.25, 0.3) is 0 Å². The van der Waals surface area contributed by atoms with Crippen molar-refractivity contribution in [1.29, 1.82) is 0 Å². The van der Waals surface area contributed by atoms with Crippen LogP contribution >= 0.6 is 0 Å². The molecule has 0 unspecified atom stereocenters. The number of nitrogens with zero attached hydrogens (tertiary/aromatic N) is 4. The third-order valence-corrected chi connectivity index (χ3v) is 7.24. The van der Waals surface area contributed by atoms with Gasteiger partial charge in [0.1, 0.15) is 23.0 Å². The summed E-state index contributed by atoms with van der Waals surface area (Å²) in [6, 6.07) is 17.0. The summed E-state index contributed by atoms with van der Waals surface area (Å²) in [4.78, 5) is 15.5. The number of hydrogen-bond acceptors (Lipinski definition) is 7. The minimum atomic E-state index is 0.708. The van der Waals surface area contributed by atoms with Crippen molar-refractivity contribution in [3.63, 3.8) is 0 Å². The van der Waals surface area contributed by atoms with Crippen LogP contribution in [0.1, 0.15) is 17.3 Å². The van der Waals surface area contributed by atoms with Crippen LogP contribution in [0.5, 0.6) is 5.75 Å². The van der Waals surface area contributed by atoms with Crippen molar-refractivity contribution in [3.05, 3.63) is 65.8 Å². The van der Waals surface area contributed by atoms with Crippen LogP contribution in [-0.2, 0) is 0 Å². The monoisotopic (exact) mass is 520 g/mol. The van der Waals surface area contributed by atoms with Gasteiger partial charge in [-0.05, 0) is 58.5 Å². The summed E-state index contributed by atoms with van der Waals surface area (Å²) in [5.74, 6) is 2.21. The molecule has 0 radical (unpaired) electrons. The number of hydrogen-bond donors (Lipinski definition) is 2. The molecule has 0 fully saturated rings. The Morgan fingerprint density at radius 1 is 0.949 bits per heavy atom. The van der Waals surface area contributed by atoms with Crippen molar-refractivity contribution in [3.8, 4) is 28.1 Å². The Morgan fingerprint density at radius 3 is 2.46 bits per heavy atom. The number of methoxy groups -OCH3 is 1. The predicted molar refractivity (Wildman–Crippen MR) is 158 cm³/mol. The fourth-order valence-corrected chi connectivity index (χ4v) is 5.44. The molecule has 198 valence electrons. The van der Waals surface area contributed by atoms with Crippen LogP contribution in [0.4, 0.5) is 5.69 Å². The van der Waals surface area contributed by atoms with Crippen molar-refractivity contribution < 1.29 is 9.26 Å². The van der Waals surface area contributed by atoms with Gasteiger partial charge in [-0.15, -0.1) is 0 Å². The molecule has 0 atom stereocenters. The van der Waals surface area contributed by atoms with Crippen LogP contribution in [0.3, 0.4) is 0 Å². The predicted octanol–water partition coefficient (Wildman–Crippen LogP) is 6.49. The van der Waals surface area contributed by atoms with E-state index >= 15 is 0 Å². The summed E-state index contributed by atoms with van der Waals surface area (Å²) in [5, 5.41) is 12.0. The Morgan fingerprint density at radius 2 is 1.74 bits per heavy atom. The van der Waals surface area contributed by atoms with Gasteiger partial charge in [0, 0.05) is 46.2 Å². The van der Waals surface area contributed by atoms with Gasteiger partial charge in [-0.3, -0.25) is 0 Å². The third-order valence-electron chi connectivity index (χ3n) is 7.24. The van der Waals surface area contributed by atoms with Crippen LogP contribution in [0, 0.1) is 20.8 Å². The second-order valence-electron chi connectivity index (χ2n) is 10.2. The first-order valence-electron chi connectivity index (χ1n) is 13.1. The number of aromatic amines is 1. The Balaban J connectivity index is 1.58. The van der Waals surface area contributed by atoms with E-state index in [4.69, 9.17) is 19.2 Å². The molecule has 0 aliphatic heterocycles. The molecule has 3 aromatic carbocycles.